The zero-order valence-electron chi connectivity index (χ0n) is 19.0. The van der Waals surface area contributed by atoms with Crippen LogP contribution in [0, 0.1) is 5.92 Å². The standard InChI is InChI=1S/C26H35N3/c1-8-28-23(17(2)3)15-19-13-14-20(16-24(19)28)26(6,7)29-25(18(4)5)21-11-9-10-12-22(21)27-29/h9-14,16-18,23H,8,15H2,1-7H3. The average molecular weight is 390 g/mol. The Balaban J connectivity index is 1.83. The highest BCUT2D eigenvalue weighted by Gasteiger charge is 2.34. The maximum absolute atomic E-state index is 5.06. The Bertz CT molecular complexity index is 1030. The molecule has 3 heteroatoms. The molecule has 1 aliphatic rings. The van der Waals surface area contributed by atoms with Crippen molar-refractivity contribution in [2.75, 3.05) is 11.4 Å². The Morgan fingerprint density at radius 3 is 2.45 bits per heavy atom. The lowest BCUT2D eigenvalue weighted by Gasteiger charge is -2.32. The second-order valence-electron chi connectivity index (χ2n) is 9.67. The number of rotatable bonds is 5. The van der Waals surface area contributed by atoms with Gasteiger partial charge in [0.1, 0.15) is 0 Å². The molecule has 0 amide bonds. The molecule has 0 saturated carbocycles. The van der Waals surface area contributed by atoms with Gasteiger partial charge in [0.05, 0.1) is 11.1 Å². The molecule has 0 bridgehead atoms. The summed E-state index contributed by atoms with van der Waals surface area (Å²) in [5.74, 6) is 1.07. The van der Waals surface area contributed by atoms with E-state index in [9.17, 15) is 0 Å². The second kappa shape index (κ2) is 7.19. The van der Waals surface area contributed by atoms with Crippen molar-refractivity contribution in [1.29, 1.82) is 0 Å². The summed E-state index contributed by atoms with van der Waals surface area (Å²) in [5.41, 5.74) is 6.41. The van der Waals surface area contributed by atoms with Gasteiger partial charge in [0.15, 0.2) is 0 Å². The molecule has 0 fully saturated rings. The third kappa shape index (κ3) is 3.15. The first-order valence-electron chi connectivity index (χ1n) is 11.1. The van der Waals surface area contributed by atoms with Gasteiger partial charge >= 0.3 is 0 Å². The summed E-state index contributed by atoms with van der Waals surface area (Å²) in [6.45, 7) is 17.2. The van der Waals surface area contributed by atoms with Crippen molar-refractivity contribution in [2.24, 2.45) is 5.92 Å². The smallest absolute Gasteiger partial charge is 0.0926 e. The predicted molar refractivity (Wildman–Crippen MR) is 124 cm³/mol. The van der Waals surface area contributed by atoms with Crippen molar-refractivity contribution >= 4 is 16.6 Å². The minimum atomic E-state index is -0.219. The summed E-state index contributed by atoms with van der Waals surface area (Å²) in [5, 5.41) is 6.33. The van der Waals surface area contributed by atoms with Crippen LogP contribution < -0.4 is 4.90 Å². The van der Waals surface area contributed by atoms with E-state index in [1.165, 1.54) is 27.9 Å². The van der Waals surface area contributed by atoms with Crippen LogP contribution in [-0.4, -0.2) is 22.4 Å². The van der Waals surface area contributed by atoms with Gasteiger partial charge in [-0.2, -0.15) is 5.10 Å². The van der Waals surface area contributed by atoms with Crippen molar-refractivity contribution in [1.82, 2.24) is 9.78 Å². The van der Waals surface area contributed by atoms with E-state index in [4.69, 9.17) is 5.10 Å². The monoisotopic (exact) mass is 389 g/mol. The first-order chi connectivity index (χ1) is 13.8. The lowest BCUT2D eigenvalue weighted by Crippen LogP contribution is -2.36. The van der Waals surface area contributed by atoms with E-state index < -0.39 is 0 Å². The molecule has 2 heterocycles. The number of benzene rings is 2. The Morgan fingerprint density at radius 1 is 1.07 bits per heavy atom. The van der Waals surface area contributed by atoms with Crippen LogP contribution in [0.3, 0.4) is 0 Å². The average Bonchev–Trinajstić information content (AvgIpc) is 3.26. The van der Waals surface area contributed by atoms with Crippen LogP contribution in [0.1, 0.15) is 71.2 Å². The maximum Gasteiger partial charge on any atom is 0.0926 e. The van der Waals surface area contributed by atoms with E-state index in [-0.39, 0.29) is 5.54 Å². The normalized spacial score (nSPS) is 17.0. The van der Waals surface area contributed by atoms with Crippen molar-refractivity contribution in [2.45, 2.75) is 72.4 Å². The molecule has 4 rings (SSSR count). The fraction of sp³-hybridized carbons (Fsp3) is 0.500. The lowest BCUT2D eigenvalue weighted by atomic mass is 9.91. The number of aromatic nitrogens is 2. The van der Waals surface area contributed by atoms with Gasteiger partial charge in [0.2, 0.25) is 0 Å². The van der Waals surface area contributed by atoms with Crippen LogP contribution >= 0.6 is 0 Å². The zero-order valence-corrected chi connectivity index (χ0v) is 19.0. The number of likely N-dealkylation sites (N-methyl/N-ethyl adjacent to an activating group) is 1. The van der Waals surface area contributed by atoms with Gasteiger partial charge in [-0.3, -0.25) is 4.68 Å². The van der Waals surface area contributed by atoms with Gasteiger partial charge in [0, 0.05) is 29.4 Å². The first-order valence-corrected chi connectivity index (χ1v) is 11.1. The van der Waals surface area contributed by atoms with Gasteiger partial charge in [0.25, 0.3) is 0 Å². The van der Waals surface area contributed by atoms with E-state index in [0.29, 0.717) is 17.9 Å². The van der Waals surface area contributed by atoms with E-state index in [1.807, 2.05) is 0 Å². The lowest BCUT2D eigenvalue weighted by molar-refractivity contribution is 0.374. The van der Waals surface area contributed by atoms with Crippen molar-refractivity contribution in [3.05, 3.63) is 59.3 Å². The number of fused-ring (bicyclic) bond motifs is 2. The molecule has 0 N–H and O–H groups in total. The van der Waals surface area contributed by atoms with E-state index >= 15 is 0 Å². The molecule has 0 saturated heterocycles. The molecule has 29 heavy (non-hydrogen) atoms. The number of anilines is 1. The second-order valence-corrected chi connectivity index (χ2v) is 9.67. The Labute approximate surface area is 175 Å². The summed E-state index contributed by atoms with van der Waals surface area (Å²) in [6, 6.07) is 16.2. The van der Waals surface area contributed by atoms with E-state index in [0.717, 1.165) is 18.5 Å². The zero-order chi connectivity index (χ0) is 20.9. The van der Waals surface area contributed by atoms with Gasteiger partial charge in [-0.15, -0.1) is 0 Å². The molecule has 3 nitrogen and oxygen atoms in total. The minimum Gasteiger partial charge on any atom is -0.368 e. The summed E-state index contributed by atoms with van der Waals surface area (Å²) in [4.78, 5) is 2.60. The SMILES string of the molecule is CCN1c2cc(C(C)(C)n3nc4ccccc4c3C(C)C)ccc2CC1C(C)C. The van der Waals surface area contributed by atoms with E-state index in [2.05, 4.69) is 101 Å². The molecule has 154 valence electrons. The van der Waals surface area contributed by atoms with Crippen LogP contribution in [-0.2, 0) is 12.0 Å². The topological polar surface area (TPSA) is 21.1 Å². The van der Waals surface area contributed by atoms with Crippen LogP contribution in [0.15, 0.2) is 42.5 Å². The fourth-order valence-electron chi connectivity index (χ4n) is 5.06. The summed E-state index contributed by atoms with van der Waals surface area (Å²) >= 11 is 0. The van der Waals surface area contributed by atoms with Crippen LogP contribution in [0.5, 0.6) is 0 Å². The fourth-order valence-corrected chi connectivity index (χ4v) is 5.06. The number of hydrogen-bond acceptors (Lipinski definition) is 2. The van der Waals surface area contributed by atoms with Crippen LogP contribution in [0.4, 0.5) is 5.69 Å². The highest BCUT2D eigenvalue weighted by atomic mass is 15.3. The van der Waals surface area contributed by atoms with Gasteiger partial charge in [-0.1, -0.05) is 58.0 Å². The van der Waals surface area contributed by atoms with Gasteiger partial charge < -0.3 is 4.90 Å². The largest absolute Gasteiger partial charge is 0.368 e. The molecule has 1 aliphatic heterocycles. The molecule has 0 spiro atoms. The molecular formula is C26H35N3. The first kappa shape index (κ1) is 20.0. The van der Waals surface area contributed by atoms with Crippen LogP contribution in [0.2, 0.25) is 0 Å². The third-order valence-electron chi connectivity index (χ3n) is 6.73. The predicted octanol–water partition coefficient (Wildman–Crippen LogP) is 6.35. The molecule has 1 atom stereocenters. The molecule has 1 unspecified atom stereocenters. The molecular weight excluding hydrogens is 354 g/mol. The quantitative estimate of drug-likeness (QED) is 0.507. The summed E-state index contributed by atoms with van der Waals surface area (Å²) in [7, 11) is 0. The van der Waals surface area contributed by atoms with Crippen molar-refractivity contribution in [3.63, 3.8) is 0 Å². The Hall–Kier alpha value is -2.29. The molecule has 0 aliphatic carbocycles. The van der Waals surface area contributed by atoms with Gasteiger partial charge in [-0.25, -0.2) is 0 Å². The molecule has 3 aromatic rings. The highest BCUT2D eigenvalue weighted by Crippen LogP contribution is 2.40. The Morgan fingerprint density at radius 2 is 1.79 bits per heavy atom. The summed E-state index contributed by atoms with van der Waals surface area (Å²) in [6.07, 6.45) is 1.16. The molecule has 1 aromatic heterocycles. The van der Waals surface area contributed by atoms with Gasteiger partial charge in [-0.05, 0) is 62.3 Å². The number of hydrogen-bond donors (Lipinski definition) is 0. The minimum absolute atomic E-state index is 0.219. The Kier molecular flexibility index (Phi) is 4.96. The molecule has 2 aromatic carbocycles. The van der Waals surface area contributed by atoms with Crippen molar-refractivity contribution < 1.29 is 0 Å². The van der Waals surface area contributed by atoms with Crippen molar-refractivity contribution in [3.8, 4) is 0 Å². The third-order valence-corrected chi connectivity index (χ3v) is 6.73. The maximum atomic E-state index is 5.06. The number of nitrogens with zero attached hydrogens (tertiary/aromatic N) is 3. The highest BCUT2D eigenvalue weighted by molar-refractivity contribution is 5.82. The van der Waals surface area contributed by atoms with E-state index in [1.54, 1.807) is 0 Å². The summed E-state index contributed by atoms with van der Waals surface area (Å²) < 4.78 is 2.27. The van der Waals surface area contributed by atoms with Crippen LogP contribution in [0.25, 0.3) is 10.9 Å². The molecule has 0 radical (unpaired) electrons.